The smallest absolute Gasteiger partial charge is 0.424 e. The molecule has 262 valence electrons. The van der Waals surface area contributed by atoms with Crippen molar-refractivity contribution in [3.63, 3.8) is 0 Å². The van der Waals surface area contributed by atoms with Crippen LogP contribution in [0, 0.1) is 17.6 Å². The lowest BCUT2D eigenvalue weighted by Crippen LogP contribution is -2.44. The van der Waals surface area contributed by atoms with E-state index in [0.29, 0.717) is 15.1 Å². The second-order valence-corrected chi connectivity index (χ2v) is 16.4. The minimum Gasteiger partial charge on any atom is -0.443 e. The van der Waals surface area contributed by atoms with Crippen molar-refractivity contribution in [2.45, 2.75) is 69.4 Å². The van der Waals surface area contributed by atoms with Gasteiger partial charge in [-0.1, -0.05) is 35.3 Å². The van der Waals surface area contributed by atoms with Gasteiger partial charge < -0.3 is 14.8 Å². The first-order valence-corrected chi connectivity index (χ1v) is 17.0. The van der Waals surface area contributed by atoms with Crippen molar-refractivity contribution in [3.8, 4) is 0 Å². The van der Waals surface area contributed by atoms with Crippen molar-refractivity contribution in [2.75, 3.05) is 10.2 Å². The van der Waals surface area contributed by atoms with Crippen LogP contribution in [0.1, 0.15) is 68.9 Å². The Morgan fingerprint density at radius 1 is 0.878 bits per heavy atom. The van der Waals surface area contributed by atoms with Gasteiger partial charge in [0.25, 0.3) is 0 Å². The normalized spacial score (nSPS) is 16.8. The van der Waals surface area contributed by atoms with Gasteiger partial charge in [0, 0.05) is 28.1 Å². The SMILES string of the molecule is CC(C)(C)OC(=O)N(C(=O)OC(C)(C)C)c1c(F)ccc(CC(=O)c2cc(NC(=O)C3C(c4ccc(Cl)c(Br)c4)C3(Cl)Cl)ccc2Cl)c1F. The molecule has 0 bridgehead atoms. The van der Waals surface area contributed by atoms with Crippen LogP contribution in [-0.2, 0) is 20.7 Å². The Labute approximate surface area is 310 Å². The van der Waals surface area contributed by atoms with Crippen molar-refractivity contribution in [1.29, 1.82) is 0 Å². The molecule has 0 radical (unpaired) electrons. The summed E-state index contributed by atoms with van der Waals surface area (Å²) in [5.41, 5.74) is -2.98. The molecule has 0 aromatic heterocycles. The number of benzene rings is 3. The van der Waals surface area contributed by atoms with Crippen molar-refractivity contribution in [2.24, 2.45) is 5.92 Å². The second-order valence-electron chi connectivity index (χ2n) is 13.3. The third-order valence-electron chi connectivity index (χ3n) is 7.05. The maximum atomic E-state index is 16.0. The monoisotopic (exact) mass is 820 g/mol. The summed E-state index contributed by atoms with van der Waals surface area (Å²) in [6.07, 6.45) is -3.46. The van der Waals surface area contributed by atoms with Crippen LogP contribution in [0.25, 0.3) is 0 Å². The molecule has 1 fully saturated rings. The number of anilines is 2. The van der Waals surface area contributed by atoms with Gasteiger partial charge in [0.2, 0.25) is 5.91 Å². The number of hydrogen-bond donors (Lipinski definition) is 1. The van der Waals surface area contributed by atoms with Crippen LogP contribution >= 0.6 is 62.3 Å². The molecule has 3 aromatic carbocycles. The summed E-state index contributed by atoms with van der Waals surface area (Å²) in [5.74, 6) is -5.30. The lowest BCUT2D eigenvalue weighted by molar-refractivity contribution is -0.117. The second kappa shape index (κ2) is 14.3. The van der Waals surface area contributed by atoms with E-state index in [9.17, 15) is 19.2 Å². The predicted octanol–water partition coefficient (Wildman–Crippen LogP) is 10.7. The van der Waals surface area contributed by atoms with Crippen LogP contribution in [0.3, 0.4) is 0 Å². The van der Waals surface area contributed by atoms with Gasteiger partial charge >= 0.3 is 12.2 Å². The Bertz CT molecular complexity index is 1820. The topological polar surface area (TPSA) is 102 Å². The summed E-state index contributed by atoms with van der Waals surface area (Å²) in [4.78, 5) is 53.0. The largest absolute Gasteiger partial charge is 0.443 e. The molecule has 0 heterocycles. The van der Waals surface area contributed by atoms with E-state index in [1.54, 1.807) is 18.2 Å². The first-order chi connectivity index (χ1) is 22.5. The van der Waals surface area contributed by atoms with E-state index in [-0.39, 0.29) is 26.7 Å². The fraction of sp³-hybridized carbons (Fsp3) is 0.353. The van der Waals surface area contributed by atoms with Crippen LogP contribution in [0.15, 0.2) is 53.0 Å². The molecule has 1 aliphatic carbocycles. The summed E-state index contributed by atoms with van der Waals surface area (Å²) in [6.45, 7) is 9.02. The van der Waals surface area contributed by atoms with E-state index in [4.69, 9.17) is 55.9 Å². The number of carbonyl (C=O) groups is 4. The Balaban J connectivity index is 1.60. The van der Waals surface area contributed by atoms with E-state index in [1.165, 1.54) is 59.7 Å². The molecule has 15 heteroatoms. The van der Waals surface area contributed by atoms with Crippen LogP contribution in [-0.4, -0.2) is 39.4 Å². The Morgan fingerprint density at radius 2 is 1.45 bits per heavy atom. The first kappa shape index (κ1) is 38.8. The molecule has 0 aliphatic heterocycles. The van der Waals surface area contributed by atoms with Gasteiger partial charge in [-0.3, -0.25) is 9.59 Å². The molecule has 1 N–H and O–H groups in total. The van der Waals surface area contributed by atoms with Crippen molar-refractivity contribution in [3.05, 3.63) is 91.4 Å². The minimum atomic E-state index is -1.41. The van der Waals surface area contributed by atoms with Gasteiger partial charge in [-0.2, -0.15) is 4.90 Å². The number of Topliss-reactive ketones (excluding diaryl/α,β-unsaturated/α-hetero) is 1. The quantitative estimate of drug-likeness (QED) is 0.188. The molecule has 0 spiro atoms. The Morgan fingerprint density at radius 3 is 2.00 bits per heavy atom. The van der Waals surface area contributed by atoms with E-state index >= 15 is 8.78 Å². The summed E-state index contributed by atoms with van der Waals surface area (Å²) < 4.78 is 40.9. The molecule has 2 atom stereocenters. The number of nitrogens with one attached hydrogen (secondary N) is 1. The average molecular weight is 823 g/mol. The lowest BCUT2D eigenvalue weighted by Gasteiger charge is -2.29. The van der Waals surface area contributed by atoms with Crippen LogP contribution in [0.2, 0.25) is 10.0 Å². The number of ether oxygens (including phenoxy) is 2. The highest BCUT2D eigenvalue weighted by Gasteiger charge is 2.67. The van der Waals surface area contributed by atoms with E-state index in [0.717, 1.165) is 12.1 Å². The highest BCUT2D eigenvalue weighted by Crippen LogP contribution is 2.65. The average Bonchev–Trinajstić information content (AvgIpc) is 3.54. The zero-order chi connectivity index (χ0) is 36.8. The fourth-order valence-electron chi connectivity index (χ4n) is 4.87. The number of amides is 3. The third kappa shape index (κ3) is 9.05. The van der Waals surface area contributed by atoms with E-state index in [2.05, 4.69) is 21.2 Å². The van der Waals surface area contributed by atoms with Crippen LogP contribution in [0.4, 0.5) is 29.7 Å². The van der Waals surface area contributed by atoms with Crippen molar-refractivity contribution in [1.82, 2.24) is 0 Å². The highest BCUT2D eigenvalue weighted by molar-refractivity contribution is 9.10. The first-order valence-electron chi connectivity index (χ1n) is 14.7. The van der Waals surface area contributed by atoms with Gasteiger partial charge in [0.05, 0.1) is 16.0 Å². The number of imide groups is 1. The zero-order valence-corrected chi connectivity index (χ0v) is 31.6. The molecular formula is C34H31BrCl4F2N2O6. The van der Waals surface area contributed by atoms with Gasteiger partial charge in [0.1, 0.15) is 21.2 Å². The summed E-state index contributed by atoms with van der Waals surface area (Å²) in [6, 6.07) is 11.0. The number of carbonyl (C=O) groups excluding carboxylic acids is 4. The molecule has 3 aromatic rings. The molecule has 2 unspecified atom stereocenters. The third-order valence-corrected chi connectivity index (χ3v) is 9.53. The van der Waals surface area contributed by atoms with Crippen LogP contribution in [0.5, 0.6) is 0 Å². The molecule has 8 nitrogen and oxygen atoms in total. The maximum Gasteiger partial charge on any atom is 0.424 e. The number of nitrogens with zero attached hydrogens (tertiary/aromatic N) is 1. The molecule has 1 aliphatic rings. The molecule has 4 rings (SSSR count). The molecule has 3 amide bonds. The Kier molecular flexibility index (Phi) is 11.4. The molecular weight excluding hydrogens is 792 g/mol. The summed E-state index contributed by atoms with van der Waals surface area (Å²) >= 11 is 28.7. The van der Waals surface area contributed by atoms with E-state index in [1.807, 2.05) is 0 Å². The lowest BCUT2D eigenvalue weighted by atomic mass is 10.0. The Hall–Kier alpha value is -2.96. The number of alkyl halides is 2. The summed E-state index contributed by atoms with van der Waals surface area (Å²) in [5, 5.41) is 3.14. The number of hydrogen-bond acceptors (Lipinski definition) is 6. The summed E-state index contributed by atoms with van der Waals surface area (Å²) in [7, 11) is 0. The van der Waals surface area contributed by atoms with Crippen LogP contribution < -0.4 is 10.2 Å². The van der Waals surface area contributed by atoms with E-state index < -0.39 is 75.0 Å². The van der Waals surface area contributed by atoms with Crippen molar-refractivity contribution < 1.29 is 37.4 Å². The van der Waals surface area contributed by atoms with Gasteiger partial charge in [-0.15, -0.1) is 23.2 Å². The zero-order valence-electron chi connectivity index (χ0n) is 27.0. The predicted molar refractivity (Wildman–Crippen MR) is 189 cm³/mol. The molecule has 49 heavy (non-hydrogen) atoms. The molecule has 1 saturated carbocycles. The van der Waals surface area contributed by atoms with Gasteiger partial charge in [-0.25, -0.2) is 18.4 Å². The fourth-order valence-corrected chi connectivity index (χ4v) is 6.44. The van der Waals surface area contributed by atoms with Gasteiger partial charge in [0.15, 0.2) is 17.4 Å². The number of halogens is 7. The standard InChI is InChI=1S/C34H31BrCl4F2N2O6/c1-32(2,3)48-30(46)43(31(47)49-33(4,5)6)28-23(40)12-8-17(27(28)41)14-24(44)19-15-18(9-11-21(19)36)42-29(45)26-25(34(26,38)39)16-7-10-22(37)20(35)13-16/h7-13,15,25-26H,14H2,1-6H3,(H,42,45). The minimum absolute atomic E-state index is 0.0192. The highest BCUT2D eigenvalue weighted by atomic mass is 79.9. The van der Waals surface area contributed by atoms with Crippen molar-refractivity contribution >= 4 is 97.6 Å². The van der Waals surface area contributed by atoms with Gasteiger partial charge in [-0.05, 0) is 105 Å². The number of ketones is 1. The number of rotatable bonds is 7. The maximum absolute atomic E-state index is 16.0. The molecule has 0 saturated heterocycles.